The molecule has 0 unspecified atom stereocenters. The summed E-state index contributed by atoms with van der Waals surface area (Å²) in [4.78, 5) is 4.65. The van der Waals surface area contributed by atoms with Gasteiger partial charge >= 0.3 is 0 Å². The molecule has 0 aliphatic carbocycles. The topological polar surface area (TPSA) is 6.48 Å². The molecule has 5 aromatic rings. The van der Waals surface area contributed by atoms with Gasteiger partial charge in [-0.2, -0.15) is 0 Å². The van der Waals surface area contributed by atoms with Crippen LogP contribution in [0, 0.1) is 0 Å². The highest BCUT2D eigenvalue weighted by Gasteiger charge is 2.16. The average molecular weight is 713 g/mol. The first kappa shape index (κ1) is 33.6. The first-order chi connectivity index (χ1) is 21.6. The normalized spacial score (nSPS) is 10.6. The second kappa shape index (κ2) is 17.2. The third-order valence-corrected chi connectivity index (χ3v) is 8.62. The number of rotatable bonds is 12. The summed E-state index contributed by atoms with van der Waals surface area (Å²) in [5, 5.41) is 0. The lowest BCUT2D eigenvalue weighted by molar-refractivity contribution is 0.795. The van der Waals surface area contributed by atoms with Crippen LogP contribution < -0.4 is 9.80 Å². The molecule has 0 aromatic heterocycles. The molecule has 0 amide bonds. The Kier molecular flexibility index (Phi) is 13.1. The summed E-state index contributed by atoms with van der Waals surface area (Å²) in [5.74, 6) is 0. The summed E-state index contributed by atoms with van der Waals surface area (Å²) in [7, 11) is 0. The van der Waals surface area contributed by atoms with E-state index in [1.807, 2.05) is 13.8 Å². The Morgan fingerprint density at radius 2 is 0.614 bits per heavy atom. The van der Waals surface area contributed by atoms with E-state index in [-0.39, 0.29) is 0 Å². The molecule has 0 saturated heterocycles. The number of halogens is 2. The second-order valence-corrected chi connectivity index (χ2v) is 12.5. The summed E-state index contributed by atoms with van der Waals surface area (Å²) in [6.45, 7) is 8.49. The van der Waals surface area contributed by atoms with Crippen molar-refractivity contribution in [2.75, 3.05) is 9.80 Å². The maximum atomic E-state index is 3.60. The van der Waals surface area contributed by atoms with E-state index in [4.69, 9.17) is 0 Å². The van der Waals surface area contributed by atoms with Crippen LogP contribution in [0.2, 0.25) is 0 Å². The van der Waals surface area contributed by atoms with Crippen molar-refractivity contribution in [1.29, 1.82) is 0 Å². The molecule has 0 spiro atoms. The molecular formula is C40H44Br2N2. The zero-order valence-electron chi connectivity index (χ0n) is 26.4. The first-order valence-corrected chi connectivity index (χ1v) is 17.5. The molecule has 44 heavy (non-hydrogen) atoms. The molecule has 4 heteroatoms. The smallest absolute Gasteiger partial charge is 0.0463 e. The van der Waals surface area contributed by atoms with Crippen molar-refractivity contribution in [1.82, 2.24) is 0 Å². The van der Waals surface area contributed by atoms with Crippen molar-refractivity contribution in [3.63, 3.8) is 0 Å². The van der Waals surface area contributed by atoms with E-state index < -0.39 is 0 Å². The predicted molar refractivity (Wildman–Crippen MR) is 200 cm³/mol. The van der Waals surface area contributed by atoms with Crippen molar-refractivity contribution in [2.24, 2.45) is 0 Å². The Labute approximate surface area is 282 Å². The average Bonchev–Trinajstić information content (AvgIpc) is 3.07. The van der Waals surface area contributed by atoms with Gasteiger partial charge in [0, 0.05) is 43.1 Å². The van der Waals surface area contributed by atoms with Gasteiger partial charge in [0.1, 0.15) is 0 Å². The Hall–Kier alpha value is -3.34. The standard InChI is InChI=1S/C38H38Br2N2.C2H6/c1-3-5-7-29-9-17-33(18-10-29)41(35-21-13-31(39)14-22-35)37-25-27-38(28-26-37)42(36-23-15-32(40)16-24-36)34-19-11-30(12-20-34)8-6-4-2;1-2/h9-28H,3-8H2,1-2H3;1-2H3. The molecule has 0 heterocycles. The van der Waals surface area contributed by atoms with E-state index in [2.05, 4.69) is 177 Å². The molecule has 228 valence electrons. The van der Waals surface area contributed by atoms with Crippen molar-refractivity contribution in [3.05, 3.63) is 141 Å². The van der Waals surface area contributed by atoms with Crippen LogP contribution in [0.4, 0.5) is 34.1 Å². The van der Waals surface area contributed by atoms with Crippen molar-refractivity contribution >= 4 is 66.0 Å². The van der Waals surface area contributed by atoms with E-state index in [9.17, 15) is 0 Å². The van der Waals surface area contributed by atoms with Gasteiger partial charge in [-0.3, -0.25) is 0 Å². The number of unbranched alkanes of at least 4 members (excludes halogenated alkanes) is 2. The number of aryl methyl sites for hydroxylation is 2. The highest BCUT2D eigenvalue weighted by atomic mass is 79.9. The van der Waals surface area contributed by atoms with Crippen molar-refractivity contribution in [3.8, 4) is 0 Å². The lowest BCUT2D eigenvalue weighted by Crippen LogP contribution is -2.12. The van der Waals surface area contributed by atoms with Gasteiger partial charge in [-0.05, 0) is 134 Å². The van der Waals surface area contributed by atoms with Gasteiger partial charge in [0.05, 0.1) is 0 Å². The monoisotopic (exact) mass is 710 g/mol. The molecule has 2 nitrogen and oxygen atoms in total. The zero-order valence-corrected chi connectivity index (χ0v) is 29.6. The predicted octanol–water partition coefficient (Wildman–Crippen LogP) is 13.9. The number of hydrogen-bond acceptors (Lipinski definition) is 2. The Bertz CT molecular complexity index is 1410. The summed E-state index contributed by atoms with van der Waals surface area (Å²) in [5.41, 5.74) is 9.56. The number of hydrogen-bond donors (Lipinski definition) is 0. The maximum Gasteiger partial charge on any atom is 0.0463 e. The van der Waals surface area contributed by atoms with E-state index >= 15 is 0 Å². The third kappa shape index (κ3) is 8.86. The molecule has 0 bridgehead atoms. The molecule has 0 fully saturated rings. The highest BCUT2D eigenvalue weighted by molar-refractivity contribution is 9.10. The maximum absolute atomic E-state index is 3.60. The SMILES string of the molecule is CC.CCCCc1ccc(N(c2ccc(Br)cc2)c2ccc(N(c3ccc(Br)cc3)c3ccc(CCCC)cc3)cc2)cc1. The van der Waals surface area contributed by atoms with E-state index in [0.717, 1.165) is 55.9 Å². The van der Waals surface area contributed by atoms with Gasteiger partial charge in [-0.15, -0.1) is 0 Å². The van der Waals surface area contributed by atoms with Crippen LogP contribution in [0.3, 0.4) is 0 Å². The van der Waals surface area contributed by atoms with Gasteiger partial charge in [0.2, 0.25) is 0 Å². The van der Waals surface area contributed by atoms with E-state index in [1.54, 1.807) is 0 Å². The summed E-state index contributed by atoms with van der Waals surface area (Å²) >= 11 is 7.21. The fraction of sp³-hybridized carbons (Fsp3) is 0.250. The third-order valence-electron chi connectivity index (χ3n) is 7.56. The van der Waals surface area contributed by atoms with Gasteiger partial charge in [0.15, 0.2) is 0 Å². The van der Waals surface area contributed by atoms with Crippen LogP contribution in [0.5, 0.6) is 0 Å². The zero-order chi connectivity index (χ0) is 31.3. The Morgan fingerprint density at radius 3 is 0.864 bits per heavy atom. The Balaban J connectivity index is 0.00000216. The van der Waals surface area contributed by atoms with Gasteiger partial charge < -0.3 is 9.80 Å². The second-order valence-electron chi connectivity index (χ2n) is 10.7. The molecule has 5 aromatic carbocycles. The van der Waals surface area contributed by atoms with E-state index in [0.29, 0.717) is 0 Å². The molecule has 5 rings (SSSR count). The van der Waals surface area contributed by atoms with Crippen LogP contribution >= 0.6 is 31.9 Å². The quantitative estimate of drug-likeness (QED) is 0.127. The van der Waals surface area contributed by atoms with Gasteiger partial charge in [-0.25, -0.2) is 0 Å². The minimum absolute atomic E-state index is 1.07. The van der Waals surface area contributed by atoms with Crippen LogP contribution in [0.1, 0.15) is 64.5 Å². The first-order valence-electron chi connectivity index (χ1n) is 15.9. The van der Waals surface area contributed by atoms with E-state index in [1.165, 1.54) is 36.8 Å². The highest BCUT2D eigenvalue weighted by Crippen LogP contribution is 2.39. The van der Waals surface area contributed by atoms with Crippen molar-refractivity contribution in [2.45, 2.75) is 66.2 Å². The molecule has 0 aliphatic rings. The minimum atomic E-state index is 1.07. The Morgan fingerprint density at radius 1 is 0.386 bits per heavy atom. The van der Waals surface area contributed by atoms with Gasteiger partial charge in [0.25, 0.3) is 0 Å². The summed E-state index contributed by atoms with van der Waals surface area (Å²) in [6, 6.07) is 44.0. The lowest BCUT2D eigenvalue weighted by Gasteiger charge is -2.28. The molecule has 0 N–H and O–H groups in total. The summed E-state index contributed by atoms with van der Waals surface area (Å²) < 4.78 is 2.14. The molecule has 0 aliphatic heterocycles. The minimum Gasteiger partial charge on any atom is -0.311 e. The van der Waals surface area contributed by atoms with Crippen LogP contribution in [0.25, 0.3) is 0 Å². The summed E-state index contributed by atoms with van der Waals surface area (Å²) in [6.07, 6.45) is 7.09. The largest absolute Gasteiger partial charge is 0.311 e. The lowest BCUT2D eigenvalue weighted by atomic mass is 10.1. The number of nitrogens with zero attached hydrogens (tertiary/aromatic N) is 2. The molecular weight excluding hydrogens is 668 g/mol. The van der Waals surface area contributed by atoms with Gasteiger partial charge in [-0.1, -0.05) is 96.7 Å². The van der Waals surface area contributed by atoms with Crippen molar-refractivity contribution < 1.29 is 0 Å². The number of benzene rings is 5. The van der Waals surface area contributed by atoms with Crippen LogP contribution in [0.15, 0.2) is 130 Å². The van der Waals surface area contributed by atoms with Crippen LogP contribution in [-0.4, -0.2) is 0 Å². The van der Waals surface area contributed by atoms with Crippen LogP contribution in [-0.2, 0) is 12.8 Å². The fourth-order valence-electron chi connectivity index (χ4n) is 5.21. The molecule has 0 radical (unpaired) electrons. The molecule has 0 saturated carbocycles. The number of anilines is 6. The fourth-order valence-corrected chi connectivity index (χ4v) is 5.74. The molecule has 0 atom stereocenters.